The second-order valence-electron chi connectivity index (χ2n) is 6.23. The zero-order valence-corrected chi connectivity index (χ0v) is 12.7. The first-order valence-electron chi connectivity index (χ1n) is 7.73. The van der Waals surface area contributed by atoms with Crippen LogP contribution < -0.4 is 10.2 Å². The van der Waals surface area contributed by atoms with E-state index in [0.29, 0.717) is 6.54 Å². The third kappa shape index (κ3) is 2.14. The lowest BCUT2D eigenvalue weighted by Gasteiger charge is -2.44. The van der Waals surface area contributed by atoms with E-state index in [1.807, 2.05) is 24.0 Å². The van der Waals surface area contributed by atoms with Crippen molar-refractivity contribution in [3.8, 4) is 0 Å². The first-order chi connectivity index (χ1) is 10.7. The van der Waals surface area contributed by atoms with Crippen LogP contribution in [-0.4, -0.2) is 47.3 Å². The molecule has 2 aliphatic heterocycles. The third-order valence-electron chi connectivity index (χ3n) is 4.88. The zero-order valence-electron chi connectivity index (χ0n) is 12.7. The summed E-state index contributed by atoms with van der Waals surface area (Å²) in [6, 6.07) is 4.21. The Hall–Kier alpha value is -2.08. The van der Waals surface area contributed by atoms with Gasteiger partial charge in [-0.25, -0.2) is 4.98 Å². The van der Waals surface area contributed by atoms with E-state index in [-0.39, 0.29) is 18.1 Å². The number of fused-ring (bicyclic) bond motifs is 1. The molecule has 2 aromatic heterocycles. The molecule has 2 fully saturated rings. The highest BCUT2D eigenvalue weighted by Crippen LogP contribution is 2.33. The van der Waals surface area contributed by atoms with Gasteiger partial charge in [0.2, 0.25) is 5.91 Å². The van der Waals surface area contributed by atoms with Crippen LogP contribution in [0.1, 0.15) is 12.8 Å². The SMILES string of the molecule is Cn1ccc2c(N3CCC4(CC3)CNC(=O)CO4)ccnc21. The monoisotopic (exact) mass is 300 g/mol. The molecule has 0 aromatic carbocycles. The van der Waals surface area contributed by atoms with E-state index in [1.54, 1.807) is 0 Å². The molecular weight excluding hydrogens is 280 g/mol. The number of carbonyl (C=O) groups is 1. The molecule has 0 unspecified atom stereocenters. The van der Waals surface area contributed by atoms with Gasteiger partial charge in [0.05, 0.1) is 5.60 Å². The summed E-state index contributed by atoms with van der Waals surface area (Å²) in [4.78, 5) is 18.1. The molecule has 0 aliphatic carbocycles. The number of hydrogen-bond donors (Lipinski definition) is 1. The molecule has 2 aromatic rings. The topological polar surface area (TPSA) is 59.4 Å². The molecule has 0 bridgehead atoms. The fourth-order valence-electron chi connectivity index (χ4n) is 3.48. The Labute approximate surface area is 129 Å². The van der Waals surface area contributed by atoms with Gasteiger partial charge < -0.3 is 19.5 Å². The maximum absolute atomic E-state index is 11.3. The van der Waals surface area contributed by atoms with Gasteiger partial charge in [-0.2, -0.15) is 0 Å². The molecule has 4 rings (SSSR count). The van der Waals surface area contributed by atoms with E-state index in [9.17, 15) is 4.79 Å². The second-order valence-corrected chi connectivity index (χ2v) is 6.23. The highest BCUT2D eigenvalue weighted by molar-refractivity contribution is 5.90. The van der Waals surface area contributed by atoms with E-state index in [4.69, 9.17) is 4.74 Å². The van der Waals surface area contributed by atoms with Crippen LogP contribution in [0.25, 0.3) is 11.0 Å². The largest absolute Gasteiger partial charge is 0.371 e. The Balaban J connectivity index is 1.54. The van der Waals surface area contributed by atoms with Crippen LogP contribution in [0.4, 0.5) is 5.69 Å². The number of ether oxygens (including phenoxy) is 1. The highest BCUT2D eigenvalue weighted by Gasteiger charge is 2.39. The summed E-state index contributed by atoms with van der Waals surface area (Å²) in [5.41, 5.74) is 2.08. The number of nitrogens with one attached hydrogen (secondary N) is 1. The number of hydrogen-bond acceptors (Lipinski definition) is 4. The Morgan fingerprint density at radius 1 is 1.32 bits per heavy atom. The molecule has 4 heterocycles. The van der Waals surface area contributed by atoms with Gasteiger partial charge in [-0.15, -0.1) is 0 Å². The number of amides is 1. The van der Waals surface area contributed by atoms with Crippen molar-refractivity contribution in [1.29, 1.82) is 0 Å². The van der Waals surface area contributed by atoms with Crippen molar-refractivity contribution in [1.82, 2.24) is 14.9 Å². The smallest absolute Gasteiger partial charge is 0.246 e. The van der Waals surface area contributed by atoms with Gasteiger partial charge in [0.15, 0.2) is 0 Å². The zero-order chi connectivity index (χ0) is 15.2. The van der Waals surface area contributed by atoms with Crippen molar-refractivity contribution in [2.24, 2.45) is 7.05 Å². The van der Waals surface area contributed by atoms with Crippen LogP contribution in [-0.2, 0) is 16.6 Å². The Morgan fingerprint density at radius 3 is 2.86 bits per heavy atom. The number of pyridine rings is 1. The van der Waals surface area contributed by atoms with Crippen LogP contribution in [0.3, 0.4) is 0 Å². The average molecular weight is 300 g/mol. The summed E-state index contributed by atoms with van der Waals surface area (Å²) < 4.78 is 7.88. The summed E-state index contributed by atoms with van der Waals surface area (Å²) in [7, 11) is 2.02. The standard InChI is InChI=1S/C16H20N4O2/c1-19-7-3-12-13(2-6-17-15(12)19)20-8-4-16(5-9-20)11-18-14(21)10-22-16/h2-3,6-7H,4-5,8-11H2,1H3,(H,18,21). The maximum Gasteiger partial charge on any atom is 0.246 e. The lowest BCUT2D eigenvalue weighted by atomic mass is 9.89. The van der Waals surface area contributed by atoms with Crippen LogP contribution in [0.15, 0.2) is 24.5 Å². The van der Waals surface area contributed by atoms with Crippen molar-refractivity contribution >= 4 is 22.6 Å². The van der Waals surface area contributed by atoms with Crippen LogP contribution in [0.5, 0.6) is 0 Å². The normalized spacial score (nSPS) is 21.3. The van der Waals surface area contributed by atoms with E-state index >= 15 is 0 Å². The molecule has 2 aliphatic rings. The number of morpholine rings is 1. The predicted octanol–water partition coefficient (Wildman–Crippen LogP) is 1.06. The fourth-order valence-corrected chi connectivity index (χ4v) is 3.48. The van der Waals surface area contributed by atoms with E-state index < -0.39 is 0 Å². The quantitative estimate of drug-likeness (QED) is 0.855. The summed E-state index contributed by atoms with van der Waals surface area (Å²) in [5, 5.41) is 4.13. The molecule has 116 valence electrons. The number of aryl methyl sites for hydroxylation is 1. The number of piperidine rings is 1. The van der Waals surface area contributed by atoms with Gasteiger partial charge in [-0.05, 0) is 25.0 Å². The number of anilines is 1. The first kappa shape index (κ1) is 13.6. The lowest BCUT2D eigenvalue weighted by molar-refractivity contribution is -0.146. The van der Waals surface area contributed by atoms with Crippen LogP contribution in [0, 0.1) is 0 Å². The van der Waals surface area contributed by atoms with Gasteiger partial charge in [-0.3, -0.25) is 4.79 Å². The molecule has 1 amide bonds. The number of carbonyl (C=O) groups excluding carboxylic acids is 1. The molecule has 2 saturated heterocycles. The minimum absolute atomic E-state index is 0.00631. The van der Waals surface area contributed by atoms with Gasteiger partial charge in [-0.1, -0.05) is 0 Å². The number of nitrogens with zero attached hydrogens (tertiary/aromatic N) is 3. The summed E-state index contributed by atoms with van der Waals surface area (Å²) >= 11 is 0. The van der Waals surface area contributed by atoms with Crippen molar-refractivity contribution in [3.63, 3.8) is 0 Å². The van der Waals surface area contributed by atoms with Crippen molar-refractivity contribution in [2.75, 3.05) is 31.1 Å². The van der Waals surface area contributed by atoms with Gasteiger partial charge in [0.25, 0.3) is 0 Å². The van der Waals surface area contributed by atoms with Crippen molar-refractivity contribution in [2.45, 2.75) is 18.4 Å². The molecular formula is C16H20N4O2. The Bertz CT molecular complexity index is 704. The maximum atomic E-state index is 11.3. The van der Waals surface area contributed by atoms with Gasteiger partial charge >= 0.3 is 0 Å². The van der Waals surface area contributed by atoms with Gasteiger partial charge in [0.1, 0.15) is 12.3 Å². The minimum Gasteiger partial charge on any atom is -0.371 e. The van der Waals surface area contributed by atoms with E-state index in [2.05, 4.69) is 27.3 Å². The van der Waals surface area contributed by atoms with Gasteiger partial charge in [0, 0.05) is 50.1 Å². The molecule has 6 nitrogen and oxygen atoms in total. The van der Waals surface area contributed by atoms with Crippen LogP contribution in [0.2, 0.25) is 0 Å². The summed E-state index contributed by atoms with van der Waals surface area (Å²) in [5.74, 6) is -0.00631. The molecule has 22 heavy (non-hydrogen) atoms. The lowest BCUT2D eigenvalue weighted by Crippen LogP contribution is -2.57. The molecule has 0 saturated carbocycles. The minimum atomic E-state index is -0.173. The number of rotatable bonds is 1. The Morgan fingerprint density at radius 2 is 2.14 bits per heavy atom. The highest BCUT2D eigenvalue weighted by atomic mass is 16.5. The van der Waals surface area contributed by atoms with E-state index in [1.165, 1.54) is 11.1 Å². The fraction of sp³-hybridized carbons (Fsp3) is 0.500. The third-order valence-corrected chi connectivity index (χ3v) is 4.88. The van der Waals surface area contributed by atoms with Crippen molar-refractivity contribution in [3.05, 3.63) is 24.5 Å². The summed E-state index contributed by atoms with van der Waals surface area (Å²) in [6.45, 7) is 2.70. The number of aromatic nitrogens is 2. The van der Waals surface area contributed by atoms with E-state index in [0.717, 1.165) is 31.6 Å². The second kappa shape index (κ2) is 4.98. The molecule has 1 N–H and O–H groups in total. The predicted molar refractivity (Wildman–Crippen MR) is 83.9 cm³/mol. The summed E-state index contributed by atoms with van der Waals surface area (Å²) in [6.07, 6.45) is 5.79. The molecule has 6 heteroatoms. The first-order valence-corrected chi connectivity index (χ1v) is 7.73. The molecule has 0 radical (unpaired) electrons. The average Bonchev–Trinajstić information content (AvgIpc) is 2.93. The molecule has 0 atom stereocenters. The van der Waals surface area contributed by atoms with Crippen molar-refractivity contribution < 1.29 is 9.53 Å². The van der Waals surface area contributed by atoms with Crippen LogP contribution >= 0.6 is 0 Å². The Kier molecular flexibility index (Phi) is 3.07. The molecule has 1 spiro atoms.